The van der Waals surface area contributed by atoms with Gasteiger partial charge in [0.15, 0.2) is 5.65 Å². The lowest BCUT2D eigenvalue weighted by Gasteiger charge is -2.09. The van der Waals surface area contributed by atoms with Gasteiger partial charge in [0.2, 0.25) is 0 Å². The van der Waals surface area contributed by atoms with E-state index in [9.17, 15) is 4.79 Å². The van der Waals surface area contributed by atoms with E-state index in [0.717, 1.165) is 54.6 Å². The second-order valence-electron chi connectivity index (χ2n) is 9.10. The van der Waals surface area contributed by atoms with Crippen LogP contribution in [-0.4, -0.2) is 30.5 Å². The molecule has 0 radical (unpaired) electrons. The van der Waals surface area contributed by atoms with Crippen molar-refractivity contribution in [2.45, 2.75) is 65.5 Å². The van der Waals surface area contributed by atoms with Crippen molar-refractivity contribution < 1.29 is 4.79 Å². The molecule has 1 aromatic carbocycles. The van der Waals surface area contributed by atoms with Gasteiger partial charge in [0, 0.05) is 24.4 Å². The number of nitrogens with one attached hydrogen (secondary N) is 1. The summed E-state index contributed by atoms with van der Waals surface area (Å²) < 4.78 is 3.81. The molecule has 1 aliphatic carbocycles. The predicted octanol–water partition coefficient (Wildman–Crippen LogP) is 5.22. The topological polar surface area (TPSA) is 77.6 Å². The SMILES string of the molecule is CCCCn1nc(C)c2c(C(=O)Nc3cnn(Cc4ccc(C)cc4)c3)cc(C3CC3)nc21. The van der Waals surface area contributed by atoms with Crippen LogP contribution in [0.3, 0.4) is 0 Å². The number of unbranched alkanes of at least 4 members (excludes halogenated alkanes) is 1. The molecule has 1 N–H and O–H groups in total. The van der Waals surface area contributed by atoms with Crippen molar-refractivity contribution in [3.05, 3.63) is 70.8 Å². The number of pyridine rings is 1. The highest BCUT2D eigenvalue weighted by Crippen LogP contribution is 2.40. The van der Waals surface area contributed by atoms with E-state index in [1.807, 2.05) is 28.6 Å². The summed E-state index contributed by atoms with van der Waals surface area (Å²) in [6.45, 7) is 7.67. The molecule has 1 amide bonds. The smallest absolute Gasteiger partial charge is 0.256 e. The predicted molar refractivity (Wildman–Crippen MR) is 130 cm³/mol. The van der Waals surface area contributed by atoms with Crippen molar-refractivity contribution >= 4 is 22.6 Å². The Morgan fingerprint density at radius 1 is 1.18 bits per heavy atom. The van der Waals surface area contributed by atoms with Gasteiger partial charge in [-0.05, 0) is 44.7 Å². The second-order valence-corrected chi connectivity index (χ2v) is 9.10. The number of anilines is 1. The van der Waals surface area contributed by atoms with E-state index in [0.29, 0.717) is 23.7 Å². The normalized spacial score (nSPS) is 13.5. The second kappa shape index (κ2) is 8.81. The minimum atomic E-state index is -0.141. The fourth-order valence-electron chi connectivity index (χ4n) is 4.20. The number of aryl methyl sites for hydroxylation is 3. The van der Waals surface area contributed by atoms with Gasteiger partial charge in [0.25, 0.3) is 5.91 Å². The molecule has 7 heteroatoms. The van der Waals surface area contributed by atoms with Gasteiger partial charge in [-0.1, -0.05) is 43.2 Å². The highest BCUT2D eigenvalue weighted by Gasteiger charge is 2.29. The fourth-order valence-corrected chi connectivity index (χ4v) is 4.20. The van der Waals surface area contributed by atoms with Crippen LogP contribution in [0.2, 0.25) is 0 Å². The first-order valence-electron chi connectivity index (χ1n) is 11.8. The third-order valence-electron chi connectivity index (χ3n) is 6.22. The summed E-state index contributed by atoms with van der Waals surface area (Å²) in [6.07, 6.45) is 7.95. The number of aromatic nitrogens is 5. The zero-order valence-electron chi connectivity index (χ0n) is 19.5. The van der Waals surface area contributed by atoms with Gasteiger partial charge in [0.1, 0.15) is 0 Å². The summed E-state index contributed by atoms with van der Waals surface area (Å²) in [4.78, 5) is 18.3. The molecule has 3 heterocycles. The van der Waals surface area contributed by atoms with E-state index >= 15 is 0 Å². The number of carbonyl (C=O) groups is 1. The van der Waals surface area contributed by atoms with Crippen LogP contribution in [-0.2, 0) is 13.1 Å². The standard InChI is InChI=1S/C26H30N6O/c1-4-5-12-32-25-24(18(3)30-32)22(13-23(29-25)20-10-11-20)26(33)28-21-14-27-31(16-21)15-19-8-6-17(2)7-9-19/h6-9,13-14,16,20H,4-5,10-12,15H2,1-3H3,(H,28,33). The van der Waals surface area contributed by atoms with Crippen molar-refractivity contribution in [1.82, 2.24) is 24.5 Å². The molecule has 170 valence electrons. The molecule has 33 heavy (non-hydrogen) atoms. The summed E-state index contributed by atoms with van der Waals surface area (Å²) >= 11 is 0. The average molecular weight is 443 g/mol. The van der Waals surface area contributed by atoms with E-state index in [1.54, 1.807) is 6.20 Å². The van der Waals surface area contributed by atoms with Crippen molar-refractivity contribution in [2.75, 3.05) is 5.32 Å². The van der Waals surface area contributed by atoms with Gasteiger partial charge in [-0.25, -0.2) is 9.67 Å². The largest absolute Gasteiger partial charge is 0.319 e. The fraction of sp³-hybridized carbons (Fsp3) is 0.385. The molecule has 1 aliphatic rings. The van der Waals surface area contributed by atoms with Crippen LogP contribution in [0.4, 0.5) is 5.69 Å². The number of rotatable bonds is 8. The molecule has 5 rings (SSSR count). The molecule has 3 aromatic heterocycles. The summed E-state index contributed by atoms with van der Waals surface area (Å²) in [7, 11) is 0. The third-order valence-corrected chi connectivity index (χ3v) is 6.22. The lowest BCUT2D eigenvalue weighted by Crippen LogP contribution is -2.13. The number of hydrogen-bond acceptors (Lipinski definition) is 4. The van der Waals surface area contributed by atoms with E-state index in [1.165, 1.54) is 11.1 Å². The third kappa shape index (κ3) is 4.53. The number of fused-ring (bicyclic) bond motifs is 1. The maximum atomic E-state index is 13.4. The first-order valence-corrected chi connectivity index (χ1v) is 11.8. The van der Waals surface area contributed by atoms with Gasteiger partial charge >= 0.3 is 0 Å². The molecule has 0 unspecified atom stereocenters. The lowest BCUT2D eigenvalue weighted by molar-refractivity contribution is 0.102. The van der Waals surface area contributed by atoms with E-state index in [-0.39, 0.29) is 5.91 Å². The molecule has 7 nitrogen and oxygen atoms in total. The molecule has 0 bridgehead atoms. The molecule has 4 aromatic rings. The summed E-state index contributed by atoms with van der Waals surface area (Å²) in [5.41, 5.74) is 6.40. The van der Waals surface area contributed by atoms with Crippen LogP contribution in [0.1, 0.15) is 71.4 Å². The lowest BCUT2D eigenvalue weighted by atomic mass is 10.1. The Kier molecular flexibility index (Phi) is 5.70. The Hall–Kier alpha value is -3.48. The van der Waals surface area contributed by atoms with E-state index in [4.69, 9.17) is 10.1 Å². The van der Waals surface area contributed by atoms with Crippen LogP contribution >= 0.6 is 0 Å². The molecule has 0 saturated heterocycles. The van der Waals surface area contributed by atoms with Crippen LogP contribution < -0.4 is 5.32 Å². The quantitative estimate of drug-likeness (QED) is 0.406. The number of hydrogen-bond donors (Lipinski definition) is 1. The van der Waals surface area contributed by atoms with Crippen LogP contribution in [0.5, 0.6) is 0 Å². The molecular formula is C26H30N6O. The Bertz CT molecular complexity index is 1300. The Labute approximate surface area is 193 Å². The van der Waals surface area contributed by atoms with Crippen molar-refractivity contribution in [1.29, 1.82) is 0 Å². The van der Waals surface area contributed by atoms with Gasteiger partial charge in [-0.3, -0.25) is 9.48 Å². The van der Waals surface area contributed by atoms with Crippen molar-refractivity contribution in [3.8, 4) is 0 Å². The monoisotopic (exact) mass is 442 g/mol. The minimum absolute atomic E-state index is 0.141. The summed E-state index contributed by atoms with van der Waals surface area (Å²) in [6, 6.07) is 10.3. The Morgan fingerprint density at radius 3 is 2.70 bits per heavy atom. The van der Waals surface area contributed by atoms with Crippen molar-refractivity contribution in [2.24, 2.45) is 0 Å². The first kappa shape index (κ1) is 21.4. The maximum Gasteiger partial charge on any atom is 0.256 e. The van der Waals surface area contributed by atoms with Gasteiger partial charge in [0.05, 0.1) is 35.1 Å². The highest BCUT2D eigenvalue weighted by atomic mass is 16.1. The Balaban J connectivity index is 1.42. The number of nitrogens with zero attached hydrogens (tertiary/aromatic N) is 5. The van der Waals surface area contributed by atoms with Crippen LogP contribution in [0, 0.1) is 13.8 Å². The van der Waals surface area contributed by atoms with Crippen molar-refractivity contribution in [3.63, 3.8) is 0 Å². The molecule has 0 aliphatic heterocycles. The average Bonchev–Trinajstić information content (AvgIpc) is 3.50. The molecule has 1 saturated carbocycles. The highest BCUT2D eigenvalue weighted by molar-refractivity contribution is 6.12. The molecule has 0 atom stereocenters. The van der Waals surface area contributed by atoms with E-state index < -0.39 is 0 Å². The Morgan fingerprint density at radius 2 is 1.97 bits per heavy atom. The van der Waals surface area contributed by atoms with Crippen LogP contribution in [0.25, 0.3) is 11.0 Å². The zero-order valence-corrected chi connectivity index (χ0v) is 19.5. The molecule has 1 fully saturated rings. The number of benzene rings is 1. The number of amides is 1. The van der Waals surface area contributed by atoms with Crippen LogP contribution in [0.15, 0.2) is 42.7 Å². The first-order chi connectivity index (χ1) is 16.0. The number of carbonyl (C=O) groups excluding carboxylic acids is 1. The minimum Gasteiger partial charge on any atom is -0.319 e. The van der Waals surface area contributed by atoms with Gasteiger partial charge in [-0.2, -0.15) is 10.2 Å². The molecular weight excluding hydrogens is 412 g/mol. The van der Waals surface area contributed by atoms with Gasteiger partial charge < -0.3 is 5.32 Å². The zero-order chi connectivity index (χ0) is 22.9. The summed E-state index contributed by atoms with van der Waals surface area (Å²) in [5, 5.41) is 13.0. The summed E-state index contributed by atoms with van der Waals surface area (Å²) in [5.74, 6) is 0.311. The van der Waals surface area contributed by atoms with E-state index in [2.05, 4.69) is 48.5 Å². The van der Waals surface area contributed by atoms with Gasteiger partial charge in [-0.15, -0.1) is 0 Å². The molecule has 0 spiro atoms. The maximum absolute atomic E-state index is 13.4.